The molecule has 3 aliphatic heterocycles. The predicted molar refractivity (Wildman–Crippen MR) is 111 cm³/mol. The molecule has 29 heavy (non-hydrogen) atoms. The van der Waals surface area contributed by atoms with E-state index in [0.717, 1.165) is 43.6 Å². The molecule has 1 saturated carbocycles. The third-order valence-corrected chi connectivity index (χ3v) is 7.86. The second kappa shape index (κ2) is 7.70. The van der Waals surface area contributed by atoms with Gasteiger partial charge >= 0.3 is 6.09 Å². The Morgan fingerprint density at radius 2 is 1.97 bits per heavy atom. The van der Waals surface area contributed by atoms with Gasteiger partial charge in [0.1, 0.15) is 11.9 Å². The molecule has 0 aromatic heterocycles. The molecule has 0 radical (unpaired) electrons. The van der Waals surface area contributed by atoms with Gasteiger partial charge in [-0.15, -0.1) is 0 Å². The van der Waals surface area contributed by atoms with Crippen molar-refractivity contribution in [2.24, 2.45) is 5.92 Å². The Labute approximate surface area is 174 Å². The Hall–Kier alpha value is -1.96. The summed E-state index contributed by atoms with van der Waals surface area (Å²) in [4.78, 5) is 28.0. The van der Waals surface area contributed by atoms with Gasteiger partial charge in [-0.3, -0.25) is 9.69 Å². The van der Waals surface area contributed by atoms with Gasteiger partial charge in [-0.2, -0.15) is 11.8 Å². The lowest BCUT2D eigenvalue weighted by Gasteiger charge is -2.36. The number of amides is 2. The minimum absolute atomic E-state index is 0.0375. The number of nitrogens with zero attached hydrogens (tertiary/aromatic N) is 2. The minimum Gasteiger partial charge on any atom is -0.442 e. The maximum Gasteiger partial charge on any atom is 0.414 e. The molecule has 1 aromatic carbocycles. The fraction of sp³-hybridized carbons (Fsp3) is 0.619. The molecule has 8 heteroatoms. The van der Waals surface area contributed by atoms with Gasteiger partial charge in [-0.25, -0.2) is 9.18 Å². The van der Waals surface area contributed by atoms with E-state index in [-0.39, 0.29) is 17.6 Å². The van der Waals surface area contributed by atoms with Crippen molar-refractivity contribution < 1.29 is 18.7 Å². The number of halogens is 1. The fourth-order valence-corrected chi connectivity index (χ4v) is 6.10. The lowest BCUT2D eigenvalue weighted by atomic mass is 9.85. The number of cyclic esters (lactones) is 1. The van der Waals surface area contributed by atoms with Gasteiger partial charge in [0.05, 0.1) is 24.5 Å². The van der Waals surface area contributed by atoms with Crippen LogP contribution in [-0.4, -0.2) is 54.8 Å². The summed E-state index contributed by atoms with van der Waals surface area (Å²) >= 11 is 1.95. The van der Waals surface area contributed by atoms with Crippen LogP contribution in [0.3, 0.4) is 0 Å². The number of carbonyl (C=O) groups is 2. The molecule has 1 aromatic rings. The van der Waals surface area contributed by atoms with Crippen LogP contribution in [0.5, 0.6) is 0 Å². The largest absolute Gasteiger partial charge is 0.442 e. The smallest absolute Gasteiger partial charge is 0.414 e. The van der Waals surface area contributed by atoms with E-state index in [2.05, 4.69) is 10.2 Å². The number of rotatable bonds is 5. The van der Waals surface area contributed by atoms with E-state index in [0.29, 0.717) is 36.5 Å². The molecule has 3 saturated heterocycles. The van der Waals surface area contributed by atoms with Crippen LogP contribution in [0.15, 0.2) is 18.2 Å². The number of carbonyl (C=O) groups excluding carboxylic acids is 2. The van der Waals surface area contributed by atoms with Gasteiger partial charge in [0.15, 0.2) is 0 Å². The average Bonchev–Trinajstić information content (AvgIpc) is 3.14. The number of fused-ring (bicyclic) bond motifs is 2. The summed E-state index contributed by atoms with van der Waals surface area (Å²) in [5.41, 5.74) is 1.14. The number of benzene rings is 1. The highest BCUT2D eigenvalue weighted by atomic mass is 32.2. The van der Waals surface area contributed by atoms with E-state index < -0.39 is 12.2 Å². The number of hydrogen-bond donors (Lipinski definition) is 1. The highest BCUT2D eigenvalue weighted by Gasteiger charge is 2.39. The molecule has 1 unspecified atom stereocenters. The monoisotopic (exact) mass is 419 g/mol. The molecule has 3 atom stereocenters. The predicted octanol–water partition coefficient (Wildman–Crippen LogP) is 3.15. The van der Waals surface area contributed by atoms with Crippen molar-refractivity contribution in [3.05, 3.63) is 24.0 Å². The summed E-state index contributed by atoms with van der Waals surface area (Å²) in [6.07, 6.45) is 4.30. The summed E-state index contributed by atoms with van der Waals surface area (Å²) in [5.74, 6) is 1.94. The SMILES string of the molecule is O=C(NCC1CN(c2ccc(N3[C@@H]4CC[C@H]3CSC4)c(F)c2)C(=O)O1)C1CCC1. The zero-order chi connectivity index (χ0) is 20.0. The van der Waals surface area contributed by atoms with Gasteiger partial charge in [0, 0.05) is 29.5 Å². The molecule has 1 N–H and O–H groups in total. The van der Waals surface area contributed by atoms with E-state index in [9.17, 15) is 14.0 Å². The molecular weight excluding hydrogens is 393 g/mol. The molecule has 0 spiro atoms. The van der Waals surface area contributed by atoms with Gasteiger partial charge in [0.2, 0.25) is 5.91 Å². The number of ether oxygens (including phenoxy) is 1. The number of thioether (sulfide) groups is 1. The van der Waals surface area contributed by atoms with Crippen LogP contribution in [0.4, 0.5) is 20.6 Å². The van der Waals surface area contributed by atoms with Crippen molar-refractivity contribution >= 4 is 35.1 Å². The Bertz CT molecular complexity index is 802. The Kier molecular flexibility index (Phi) is 5.05. The van der Waals surface area contributed by atoms with Crippen LogP contribution in [0.25, 0.3) is 0 Å². The average molecular weight is 420 g/mol. The lowest BCUT2D eigenvalue weighted by molar-refractivity contribution is -0.127. The first-order valence-corrected chi connectivity index (χ1v) is 11.7. The summed E-state index contributed by atoms with van der Waals surface area (Å²) in [6, 6.07) is 5.84. The summed E-state index contributed by atoms with van der Waals surface area (Å²) in [6.45, 7) is 0.612. The fourth-order valence-electron chi connectivity index (χ4n) is 4.76. The third-order valence-electron chi connectivity index (χ3n) is 6.62. The first-order chi connectivity index (χ1) is 14.1. The summed E-state index contributed by atoms with van der Waals surface area (Å²) < 4.78 is 20.4. The number of hydrogen-bond acceptors (Lipinski definition) is 5. The number of anilines is 2. The van der Waals surface area contributed by atoms with Gasteiger partial charge in [0.25, 0.3) is 0 Å². The maximum atomic E-state index is 15.0. The second-order valence-electron chi connectivity index (χ2n) is 8.45. The quantitative estimate of drug-likeness (QED) is 0.795. The molecule has 2 bridgehead atoms. The van der Waals surface area contributed by atoms with Crippen LogP contribution in [0.1, 0.15) is 32.1 Å². The molecule has 5 rings (SSSR count). The standard InChI is InChI=1S/C21H26FN3O3S/c22-18-8-14(6-7-19(18)25-15-4-5-16(25)12-29-11-15)24-10-17(28-21(24)27)9-23-20(26)13-2-1-3-13/h6-8,13,15-17H,1-5,9-12H2,(H,23,26)/t15-,16+,17?. The van der Waals surface area contributed by atoms with E-state index in [1.54, 1.807) is 12.1 Å². The van der Waals surface area contributed by atoms with Crippen molar-refractivity contribution in [2.45, 2.75) is 50.3 Å². The first-order valence-electron chi connectivity index (χ1n) is 10.5. The molecule has 4 fully saturated rings. The van der Waals surface area contributed by atoms with Crippen LogP contribution in [0, 0.1) is 11.7 Å². The van der Waals surface area contributed by atoms with E-state index in [1.807, 2.05) is 11.8 Å². The van der Waals surface area contributed by atoms with E-state index >= 15 is 0 Å². The zero-order valence-electron chi connectivity index (χ0n) is 16.3. The van der Waals surface area contributed by atoms with Crippen molar-refractivity contribution in [3.8, 4) is 0 Å². The highest BCUT2D eigenvalue weighted by molar-refractivity contribution is 7.99. The topological polar surface area (TPSA) is 61.9 Å². The maximum absolute atomic E-state index is 15.0. The molecular formula is C21H26FN3O3S. The van der Waals surface area contributed by atoms with Crippen LogP contribution in [-0.2, 0) is 9.53 Å². The van der Waals surface area contributed by atoms with E-state index in [4.69, 9.17) is 4.74 Å². The summed E-state index contributed by atoms with van der Waals surface area (Å²) in [5, 5.41) is 2.87. The lowest BCUT2D eigenvalue weighted by Crippen LogP contribution is -2.43. The molecule has 1 aliphatic carbocycles. The van der Waals surface area contributed by atoms with Gasteiger partial charge in [-0.05, 0) is 43.9 Å². The van der Waals surface area contributed by atoms with Crippen molar-refractivity contribution in [1.29, 1.82) is 0 Å². The van der Waals surface area contributed by atoms with E-state index in [1.165, 1.54) is 11.0 Å². The van der Waals surface area contributed by atoms with Crippen molar-refractivity contribution in [1.82, 2.24) is 5.32 Å². The molecule has 156 valence electrons. The molecule has 3 heterocycles. The Morgan fingerprint density at radius 1 is 1.21 bits per heavy atom. The van der Waals surface area contributed by atoms with Gasteiger partial charge in [-0.1, -0.05) is 6.42 Å². The van der Waals surface area contributed by atoms with Crippen LogP contribution in [0.2, 0.25) is 0 Å². The molecule has 4 aliphatic rings. The van der Waals surface area contributed by atoms with Crippen LogP contribution >= 0.6 is 11.8 Å². The minimum atomic E-state index is -0.491. The Balaban J connectivity index is 1.24. The third kappa shape index (κ3) is 3.56. The number of nitrogens with one attached hydrogen (secondary N) is 1. The Morgan fingerprint density at radius 3 is 2.62 bits per heavy atom. The van der Waals surface area contributed by atoms with Gasteiger partial charge < -0.3 is 15.0 Å². The summed E-state index contributed by atoms with van der Waals surface area (Å²) in [7, 11) is 0. The normalized spacial score (nSPS) is 29.0. The highest BCUT2D eigenvalue weighted by Crippen LogP contribution is 2.40. The van der Waals surface area contributed by atoms with Crippen molar-refractivity contribution in [2.75, 3.05) is 34.4 Å². The zero-order valence-corrected chi connectivity index (χ0v) is 17.1. The molecule has 2 amide bonds. The second-order valence-corrected chi connectivity index (χ2v) is 9.53. The van der Waals surface area contributed by atoms with Crippen molar-refractivity contribution in [3.63, 3.8) is 0 Å². The first kappa shape index (κ1) is 19.0. The molecule has 6 nitrogen and oxygen atoms in total. The van der Waals surface area contributed by atoms with Crippen LogP contribution < -0.4 is 15.1 Å².